The minimum absolute atomic E-state index is 0.0144. The number of nitrogens with one attached hydrogen (secondary N) is 2. The van der Waals surface area contributed by atoms with E-state index in [-0.39, 0.29) is 11.8 Å². The monoisotopic (exact) mass is 394 g/mol. The third-order valence-electron chi connectivity index (χ3n) is 4.65. The summed E-state index contributed by atoms with van der Waals surface area (Å²) in [7, 11) is 0. The third kappa shape index (κ3) is 4.65. The van der Waals surface area contributed by atoms with E-state index in [4.69, 9.17) is 11.6 Å². The first-order valence-electron chi connectivity index (χ1n) is 8.75. The van der Waals surface area contributed by atoms with Gasteiger partial charge in [-0.05, 0) is 38.7 Å². The van der Waals surface area contributed by atoms with Crippen LogP contribution in [0.5, 0.6) is 0 Å². The van der Waals surface area contributed by atoms with Gasteiger partial charge in [0.25, 0.3) is 5.91 Å². The van der Waals surface area contributed by atoms with Crippen molar-refractivity contribution in [3.05, 3.63) is 38.6 Å². The molecule has 1 saturated heterocycles. The zero-order valence-electron chi connectivity index (χ0n) is 15.0. The van der Waals surface area contributed by atoms with E-state index in [1.54, 1.807) is 23.6 Å². The molecule has 8 heteroatoms. The van der Waals surface area contributed by atoms with Crippen LogP contribution in [0.2, 0.25) is 5.02 Å². The molecule has 1 unspecified atom stereocenters. The number of halogens is 1. The number of hydrogen-bond acceptors (Lipinski definition) is 4. The fraction of sp³-hybridized carbons (Fsp3) is 0.500. The highest BCUT2D eigenvalue weighted by Crippen LogP contribution is 2.22. The molecule has 0 aliphatic carbocycles. The maximum absolute atomic E-state index is 12.4. The molecule has 2 aromatic heterocycles. The Morgan fingerprint density at radius 1 is 1.46 bits per heavy atom. The van der Waals surface area contributed by atoms with Gasteiger partial charge in [-0.1, -0.05) is 11.6 Å². The molecule has 1 atom stereocenters. The summed E-state index contributed by atoms with van der Waals surface area (Å²) in [5.74, 6) is 0.431. The number of aromatic nitrogens is 2. The summed E-state index contributed by atoms with van der Waals surface area (Å²) in [5, 5.41) is 4.52. The van der Waals surface area contributed by atoms with Gasteiger partial charge < -0.3 is 15.2 Å². The van der Waals surface area contributed by atoms with E-state index in [2.05, 4.69) is 15.3 Å². The summed E-state index contributed by atoms with van der Waals surface area (Å²) in [4.78, 5) is 34.6. The maximum Gasteiger partial charge on any atom is 0.270 e. The summed E-state index contributed by atoms with van der Waals surface area (Å²) in [5.41, 5.74) is 1.47. The van der Waals surface area contributed by atoms with Crippen LogP contribution in [0.15, 0.2) is 12.3 Å². The first-order chi connectivity index (χ1) is 12.4. The number of carbonyl (C=O) groups is 2. The molecule has 0 radical (unpaired) electrons. The molecule has 1 fully saturated rings. The molecule has 0 spiro atoms. The molecule has 1 aliphatic rings. The van der Waals surface area contributed by atoms with E-state index < -0.39 is 0 Å². The first kappa shape index (κ1) is 18.9. The van der Waals surface area contributed by atoms with E-state index in [1.165, 1.54) is 0 Å². The van der Waals surface area contributed by atoms with Crippen LogP contribution in [0.4, 0.5) is 0 Å². The third-order valence-corrected chi connectivity index (χ3v) is 5.94. The lowest BCUT2D eigenvalue weighted by Crippen LogP contribution is -2.30. The second-order valence-electron chi connectivity index (χ2n) is 6.69. The Morgan fingerprint density at radius 2 is 2.27 bits per heavy atom. The number of rotatable bonds is 6. The number of nitrogens with zero attached hydrogens (tertiary/aromatic N) is 2. The molecule has 2 aromatic rings. The van der Waals surface area contributed by atoms with Crippen LogP contribution < -0.4 is 5.32 Å². The Kier molecular flexibility index (Phi) is 5.98. The van der Waals surface area contributed by atoms with Crippen molar-refractivity contribution >= 4 is 34.8 Å². The highest BCUT2D eigenvalue weighted by molar-refractivity contribution is 7.11. The molecule has 3 heterocycles. The van der Waals surface area contributed by atoms with Gasteiger partial charge in [0.1, 0.15) is 5.69 Å². The molecule has 6 nitrogen and oxygen atoms in total. The van der Waals surface area contributed by atoms with Gasteiger partial charge in [0.15, 0.2) is 0 Å². The number of likely N-dealkylation sites (tertiary alicyclic amines) is 1. The highest BCUT2D eigenvalue weighted by atomic mass is 35.5. The van der Waals surface area contributed by atoms with Crippen LogP contribution >= 0.6 is 22.9 Å². The van der Waals surface area contributed by atoms with Crippen molar-refractivity contribution in [1.82, 2.24) is 20.2 Å². The van der Waals surface area contributed by atoms with Crippen molar-refractivity contribution in [3.8, 4) is 0 Å². The Bertz CT molecular complexity index is 801. The standard InChI is InChI=1S/C18H23ClN4O2S/c1-11-16(26-12(2)22-11)8-17(24)20-5-3-13-4-6-23(10-13)18(25)15-7-14(19)9-21-15/h7,9,13,21H,3-6,8,10H2,1-2H3,(H,20,24). The second kappa shape index (κ2) is 8.22. The van der Waals surface area contributed by atoms with E-state index in [0.717, 1.165) is 41.5 Å². The van der Waals surface area contributed by atoms with Gasteiger partial charge in [-0.25, -0.2) is 4.98 Å². The number of aryl methyl sites for hydroxylation is 2. The van der Waals surface area contributed by atoms with Crippen molar-refractivity contribution in [1.29, 1.82) is 0 Å². The minimum atomic E-state index is -0.0144. The summed E-state index contributed by atoms with van der Waals surface area (Å²) >= 11 is 7.44. The Morgan fingerprint density at radius 3 is 2.92 bits per heavy atom. The van der Waals surface area contributed by atoms with Crippen molar-refractivity contribution in [2.24, 2.45) is 5.92 Å². The summed E-state index contributed by atoms with van der Waals surface area (Å²) in [6, 6.07) is 1.65. The second-order valence-corrected chi connectivity index (χ2v) is 8.42. The zero-order chi connectivity index (χ0) is 18.7. The van der Waals surface area contributed by atoms with Crippen molar-refractivity contribution in [2.75, 3.05) is 19.6 Å². The Balaban J connectivity index is 1.40. The molecule has 0 bridgehead atoms. The van der Waals surface area contributed by atoms with Gasteiger partial charge in [0.2, 0.25) is 5.91 Å². The normalized spacial score (nSPS) is 16.9. The van der Waals surface area contributed by atoms with Crippen LogP contribution in [0.25, 0.3) is 0 Å². The number of amides is 2. The van der Waals surface area contributed by atoms with E-state index in [9.17, 15) is 9.59 Å². The summed E-state index contributed by atoms with van der Waals surface area (Å²) in [6.07, 6.45) is 3.84. The fourth-order valence-corrected chi connectivity index (χ4v) is 4.38. The van der Waals surface area contributed by atoms with Crippen molar-refractivity contribution in [3.63, 3.8) is 0 Å². The molecular formula is C18H23ClN4O2S. The van der Waals surface area contributed by atoms with E-state index in [1.807, 2.05) is 18.7 Å². The molecular weight excluding hydrogens is 372 g/mol. The minimum Gasteiger partial charge on any atom is -0.356 e. The number of carbonyl (C=O) groups excluding carboxylic acids is 2. The average molecular weight is 395 g/mol. The van der Waals surface area contributed by atoms with Crippen LogP contribution in [-0.4, -0.2) is 46.3 Å². The quantitative estimate of drug-likeness (QED) is 0.790. The van der Waals surface area contributed by atoms with Gasteiger partial charge in [0, 0.05) is 30.7 Å². The lowest BCUT2D eigenvalue weighted by molar-refractivity contribution is -0.120. The molecule has 0 aromatic carbocycles. The lowest BCUT2D eigenvalue weighted by atomic mass is 10.1. The molecule has 0 saturated carbocycles. The zero-order valence-corrected chi connectivity index (χ0v) is 16.5. The topological polar surface area (TPSA) is 78.1 Å². The lowest BCUT2D eigenvalue weighted by Gasteiger charge is -2.15. The molecule has 2 N–H and O–H groups in total. The van der Waals surface area contributed by atoms with Crippen LogP contribution in [0.1, 0.15) is 38.9 Å². The van der Waals surface area contributed by atoms with Crippen LogP contribution in [-0.2, 0) is 11.2 Å². The summed E-state index contributed by atoms with van der Waals surface area (Å²) in [6.45, 7) is 5.99. The summed E-state index contributed by atoms with van der Waals surface area (Å²) < 4.78 is 0. The fourth-order valence-electron chi connectivity index (χ4n) is 3.28. The van der Waals surface area contributed by atoms with Crippen LogP contribution in [0.3, 0.4) is 0 Å². The Labute approximate surface area is 162 Å². The number of thiazole rings is 1. The smallest absolute Gasteiger partial charge is 0.270 e. The van der Waals surface area contributed by atoms with E-state index in [0.29, 0.717) is 29.6 Å². The number of hydrogen-bond donors (Lipinski definition) is 2. The van der Waals surface area contributed by atoms with Gasteiger partial charge in [-0.15, -0.1) is 11.3 Å². The predicted octanol–water partition coefficient (Wildman–Crippen LogP) is 2.95. The number of aromatic amines is 1. The van der Waals surface area contributed by atoms with Gasteiger partial charge in [-0.3, -0.25) is 9.59 Å². The number of H-pyrrole nitrogens is 1. The van der Waals surface area contributed by atoms with Crippen LogP contribution in [0, 0.1) is 19.8 Å². The van der Waals surface area contributed by atoms with Gasteiger partial charge in [0.05, 0.1) is 22.1 Å². The maximum atomic E-state index is 12.4. The van der Waals surface area contributed by atoms with Crippen molar-refractivity contribution < 1.29 is 9.59 Å². The van der Waals surface area contributed by atoms with Gasteiger partial charge >= 0.3 is 0 Å². The molecule has 140 valence electrons. The molecule has 26 heavy (non-hydrogen) atoms. The van der Waals surface area contributed by atoms with Gasteiger partial charge in [-0.2, -0.15) is 0 Å². The molecule has 2 amide bonds. The molecule has 3 rings (SSSR count). The largest absolute Gasteiger partial charge is 0.356 e. The molecule has 1 aliphatic heterocycles. The van der Waals surface area contributed by atoms with E-state index >= 15 is 0 Å². The highest BCUT2D eigenvalue weighted by Gasteiger charge is 2.27. The first-order valence-corrected chi connectivity index (χ1v) is 9.94. The SMILES string of the molecule is Cc1nc(C)c(CC(=O)NCCC2CCN(C(=O)c3cc(Cl)c[nH]3)C2)s1. The Hall–Kier alpha value is -1.86. The average Bonchev–Trinajstić information content (AvgIpc) is 3.29. The van der Waals surface area contributed by atoms with Crippen molar-refractivity contribution in [2.45, 2.75) is 33.1 Å². The predicted molar refractivity (Wildman–Crippen MR) is 103 cm³/mol.